The second kappa shape index (κ2) is 11.2. The Morgan fingerprint density at radius 2 is 0.898 bits per heavy atom. The molecule has 0 atom stereocenters. The summed E-state index contributed by atoms with van der Waals surface area (Å²) in [5, 5.41) is 9.34. The highest BCUT2D eigenvalue weighted by atomic mass is 28.3. The summed E-state index contributed by atoms with van der Waals surface area (Å²) < 4.78 is 5.02. The molecule has 2 aromatic heterocycles. The van der Waals surface area contributed by atoms with Gasteiger partial charge in [0.1, 0.15) is 0 Å². The maximum Gasteiger partial charge on any atom is 0.156 e. The molecular formula is C46H38N2Si. The van der Waals surface area contributed by atoms with Gasteiger partial charge in [-0.3, -0.25) is 0 Å². The summed E-state index contributed by atoms with van der Waals surface area (Å²) in [6.07, 6.45) is 0. The highest BCUT2D eigenvalue weighted by Crippen LogP contribution is 2.42. The molecule has 0 aliphatic heterocycles. The van der Waals surface area contributed by atoms with Crippen molar-refractivity contribution in [3.8, 4) is 11.4 Å². The zero-order valence-electron chi connectivity index (χ0n) is 28.1. The highest BCUT2D eigenvalue weighted by molar-refractivity contribution is 7.14. The van der Waals surface area contributed by atoms with Crippen molar-refractivity contribution in [1.29, 1.82) is 0 Å². The maximum absolute atomic E-state index is 2.71. The van der Waals surface area contributed by atoms with Crippen LogP contribution in [0.1, 0.15) is 20.8 Å². The molecule has 0 unspecified atom stereocenters. The van der Waals surface area contributed by atoms with Crippen LogP contribution in [-0.4, -0.2) is 17.2 Å². The third-order valence-electron chi connectivity index (χ3n) is 10.6. The van der Waals surface area contributed by atoms with Gasteiger partial charge in [-0.1, -0.05) is 160 Å². The van der Waals surface area contributed by atoms with Crippen molar-refractivity contribution < 1.29 is 0 Å². The molecule has 0 fully saturated rings. The Labute approximate surface area is 288 Å². The van der Waals surface area contributed by atoms with E-state index in [1.165, 1.54) is 70.5 Å². The van der Waals surface area contributed by atoms with Crippen molar-refractivity contribution in [2.75, 3.05) is 0 Å². The van der Waals surface area contributed by atoms with Crippen molar-refractivity contribution in [3.63, 3.8) is 0 Å². The number of aromatic nitrogens is 2. The molecule has 0 saturated heterocycles. The summed E-state index contributed by atoms with van der Waals surface area (Å²) in [5.41, 5.74) is 7.33. The van der Waals surface area contributed by atoms with E-state index in [-0.39, 0.29) is 5.04 Å². The van der Waals surface area contributed by atoms with Gasteiger partial charge in [0, 0.05) is 27.2 Å². The van der Waals surface area contributed by atoms with Gasteiger partial charge < -0.3 is 9.13 Å². The summed E-state index contributed by atoms with van der Waals surface area (Å²) >= 11 is 0. The fourth-order valence-electron chi connectivity index (χ4n) is 8.74. The average molecular weight is 647 g/mol. The van der Waals surface area contributed by atoms with Crippen LogP contribution in [0.25, 0.3) is 55.0 Å². The molecule has 0 aliphatic rings. The van der Waals surface area contributed by atoms with Crippen molar-refractivity contribution in [2.45, 2.75) is 25.8 Å². The van der Waals surface area contributed by atoms with Crippen molar-refractivity contribution >= 4 is 67.2 Å². The van der Waals surface area contributed by atoms with Gasteiger partial charge in [-0.05, 0) is 57.0 Å². The number of rotatable bonds is 5. The Morgan fingerprint density at radius 3 is 1.53 bits per heavy atom. The van der Waals surface area contributed by atoms with Crippen LogP contribution in [0.4, 0.5) is 0 Å². The Bertz CT molecular complexity index is 2590. The van der Waals surface area contributed by atoms with E-state index in [0.29, 0.717) is 0 Å². The normalized spacial score (nSPS) is 12.4. The van der Waals surface area contributed by atoms with Gasteiger partial charge >= 0.3 is 0 Å². The molecule has 0 spiro atoms. The second-order valence-electron chi connectivity index (χ2n) is 14.1. The minimum atomic E-state index is -2.71. The predicted octanol–water partition coefficient (Wildman–Crippen LogP) is 10.2. The number of nitrogens with zero attached hydrogens (tertiary/aromatic N) is 2. The maximum atomic E-state index is 2.60. The zero-order valence-corrected chi connectivity index (χ0v) is 29.1. The van der Waals surface area contributed by atoms with Gasteiger partial charge in [-0.2, -0.15) is 0 Å². The van der Waals surface area contributed by atoms with Crippen molar-refractivity contribution in [2.24, 2.45) is 0 Å². The minimum absolute atomic E-state index is 0.0549. The standard InChI is InChI=1S/C46H38N2Si/c1-46(2,3)49(34-21-9-5-10-22-34,35-23-11-6-12-24-35)43-32-17-27-37-36-25-13-15-28-39(36)48(45(37)43)42-31-18-30-41-44(42)38-26-14-16-29-40(38)47(41)33-19-7-4-8-20-33/h4-32H,1-3H3. The lowest BCUT2D eigenvalue weighted by atomic mass is 10.1. The Hall–Kier alpha value is -5.64. The Kier molecular flexibility index (Phi) is 6.75. The quantitative estimate of drug-likeness (QED) is 0.130. The summed E-state index contributed by atoms with van der Waals surface area (Å²) in [4.78, 5) is 0. The smallest absolute Gasteiger partial charge is 0.156 e. The van der Waals surface area contributed by atoms with Crippen LogP contribution in [0.2, 0.25) is 5.04 Å². The first-order chi connectivity index (χ1) is 24.0. The van der Waals surface area contributed by atoms with E-state index < -0.39 is 8.07 Å². The Balaban J connectivity index is 1.50. The summed E-state index contributed by atoms with van der Waals surface area (Å²) in [6.45, 7) is 7.37. The lowest BCUT2D eigenvalue weighted by Gasteiger charge is -2.45. The monoisotopic (exact) mass is 646 g/mol. The summed E-state index contributed by atoms with van der Waals surface area (Å²) in [6, 6.07) is 65.3. The van der Waals surface area contributed by atoms with E-state index in [4.69, 9.17) is 0 Å². The molecular weight excluding hydrogens is 609 g/mol. The number of fused-ring (bicyclic) bond motifs is 6. The van der Waals surface area contributed by atoms with E-state index in [0.717, 1.165) is 0 Å². The highest BCUT2D eigenvalue weighted by Gasteiger charge is 2.50. The minimum Gasteiger partial charge on any atom is -0.309 e. The Morgan fingerprint density at radius 1 is 0.408 bits per heavy atom. The molecule has 49 heavy (non-hydrogen) atoms. The van der Waals surface area contributed by atoms with Gasteiger partial charge in [0.05, 0.1) is 27.8 Å². The fourth-order valence-corrected chi connectivity index (χ4v) is 14.6. The van der Waals surface area contributed by atoms with Crippen molar-refractivity contribution in [1.82, 2.24) is 9.13 Å². The third-order valence-corrected chi connectivity index (χ3v) is 16.4. The lowest BCUT2D eigenvalue weighted by Crippen LogP contribution is -2.72. The van der Waals surface area contributed by atoms with E-state index >= 15 is 0 Å². The molecule has 2 heterocycles. The van der Waals surface area contributed by atoms with Gasteiger partial charge in [0.25, 0.3) is 0 Å². The van der Waals surface area contributed by atoms with E-state index in [1.54, 1.807) is 0 Å². The number of hydrogen-bond donors (Lipinski definition) is 0. The first-order valence-electron chi connectivity index (χ1n) is 17.2. The molecule has 0 aliphatic carbocycles. The number of hydrogen-bond acceptors (Lipinski definition) is 0. The SMILES string of the molecule is CC(C)(C)[Si](c1ccccc1)(c1ccccc1)c1cccc2c3ccccc3n(-c3cccc4c3c3ccccc3n4-c3ccccc3)c12. The van der Waals surface area contributed by atoms with Crippen LogP contribution in [-0.2, 0) is 0 Å². The fraction of sp³-hybridized carbons (Fsp3) is 0.0870. The van der Waals surface area contributed by atoms with Gasteiger partial charge in [0.2, 0.25) is 0 Å². The molecule has 0 amide bonds. The average Bonchev–Trinajstić information content (AvgIpc) is 3.66. The molecule has 3 heteroatoms. The van der Waals surface area contributed by atoms with Crippen LogP contribution in [0.15, 0.2) is 176 Å². The van der Waals surface area contributed by atoms with E-state index in [1.807, 2.05) is 0 Å². The summed E-state index contributed by atoms with van der Waals surface area (Å²) in [5.74, 6) is 0. The number of para-hydroxylation sites is 4. The molecule has 0 bridgehead atoms. The van der Waals surface area contributed by atoms with Gasteiger partial charge in [-0.25, -0.2) is 0 Å². The van der Waals surface area contributed by atoms with E-state index in [2.05, 4.69) is 206 Å². The molecule has 0 radical (unpaired) electrons. The predicted molar refractivity (Wildman–Crippen MR) is 212 cm³/mol. The van der Waals surface area contributed by atoms with Crippen molar-refractivity contribution in [3.05, 3.63) is 176 Å². The molecule has 2 nitrogen and oxygen atoms in total. The van der Waals surface area contributed by atoms with E-state index in [9.17, 15) is 0 Å². The van der Waals surface area contributed by atoms with Crippen LogP contribution >= 0.6 is 0 Å². The van der Waals surface area contributed by atoms with Crippen LogP contribution < -0.4 is 15.6 Å². The molecule has 9 rings (SSSR count). The first-order valence-corrected chi connectivity index (χ1v) is 19.2. The largest absolute Gasteiger partial charge is 0.309 e. The van der Waals surface area contributed by atoms with Gasteiger partial charge in [-0.15, -0.1) is 0 Å². The topological polar surface area (TPSA) is 9.86 Å². The van der Waals surface area contributed by atoms with Crippen LogP contribution in [0.5, 0.6) is 0 Å². The van der Waals surface area contributed by atoms with Gasteiger partial charge in [0.15, 0.2) is 8.07 Å². The molecule has 9 aromatic rings. The molecule has 236 valence electrons. The molecule has 0 N–H and O–H groups in total. The van der Waals surface area contributed by atoms with Crippen LogP contribution in [0, 0.1) is 0 Å². The third kappa shape index (κ3) is 4.25. The number of benzene rings is 7. The first kappa shape index (κ1) is 29.5. The molecule has 0 saturated carbocycles. The lowest BCUT2D eigenvalue weighted by molar-refractivity contribution is 0.739. The summed E-state index contributed by atoms with van der Waals surface area (Å²) in [7, 11) is -2.71. The zero-order chi connectivity index (χ0) is 33.2. The second-order valence-corrected chi connectivity index (χ2v) is 18.8. The van der Waals surface area contributed by atoms with Crippen LogP contribution in [0.3, 0.4) is 0 Å². The molecule has 7 aromatic carbocycles.